The minimum Gasteiger partial charge on any atom is -0.477 e. The van der Waals surface area contributed by atoms with Crippen molar-refractivity contribution in [1.82, 2.24) is 4.57 Å². The smallest absolute Gasteiger partial charge is 0.353 e. The van der Waals surface area contributed by atoms with Crippen molar-refractivity contribution in [3.63, 3.8) is 0 Å². The van der Waals surface area contributed by atoms with Crippen molar-refractivity contribution < 1.29 is 14.6 Å². The molecule has 0 saturated heterocycles. The highest BCUT2D eigenvalue weighted by Gasteiger charge is 2.21. The largest absolute Gasteiger partial charge is 0.477 e. The molecule has 6 heteroatoms. The second-order valence-corrected chi connectivity index (χ2v) is 5.86. The molecule has 0 bridgehead atoms. The molecule has 0 spiro atoms. The molecule has 1 unspecified atom stereocenters. The van der Waals surface area contributed by atoms with Crippen molar-refractivity contribution in [2.75, 3.05) is 0 Å². The fourth-order valence-corrected chi connectivity index (χ4v) is 2.86. The van der Waals surface area contributed by atoms with E-state index in [1.54, 1.807) is 43.5 Å². The Morgan fingerprint density at radius 1 is 1.31 bits per heavy atom. The van der Waals surface area contributed by atoms with Gasteiger partial charge in [0, 0.05) is 18.8 Å². The van der Waals surface area contributed by atoms with Gasteiger partial charge < -0.3 is 14.4 Å². The fraction of sp³-hybridized carbons (Fsp3) is 0.150. The number of aryl methyl sites for hydroxylation is 1. The minimum absolute atomic E-state index is 0.0654. The van der Waals surface area contributed by atoms with E-state index in [-0.39, 0.29) is 11.6 Å². The highest BCUT2D eigenvalue weighted by atomic mass is 16.5. The van der Waals surface area contributed by atoms with Crippen LogP contribution in [0.1, 0.15) is 22.5 Å². The zero-order valence-electron chi connectivity index (χ0n) is 14.0. The summed E-state index contributed by atoms with van der Waals surface area (Å²) in [7, 11) is 1.60. The number of ether oxygens (including phenoxy) is 1. The lowest BCUT2D eigenvalue weighted by Gasteiger charge is -2.12. The van der Waals surface area contributed by atoms with Crippen molar-refractivity contribution in [3.8, 4) is 29.0 Å². The number of aromatic nitrogens is 1. The van der Waals surface area contributed by atoms with Gasteiger partial charge in [-0.2, -0.15) is 10.5 Å². The molecule has 1 heterocycles. The zero-order chi connectivity index (χ0) is 18.7. The van der Waals surface area contributed by atoms with Crippen LogP contribution in [0.3, 0.4) is 0 Å². The summed E-state index contributed by atoms with van der Waals surface area (Å²) in [5.41, 5.74) is 1.39. The van der Waals surface area contributed by atoms with Gasteiger partial charge >= 0.3 is 5.97 Å². The number of aromatic carboxylic acids is 1. The molecule has 128 valence electrons. The van der Waals surface area contributed by atoms with Crippen molar-refractivity contribution >= 4 is 5.97 Å². The Kier molecular flexibility index (Phi) is 4.59. The summed E-state index contributed by atoms with van der Waals surface area (Å²) < 4.78 is 7.19. The third-order valence-electron chi connectivity index (χ3n) is 4.11. The van der Waals surface area contributed by atoms with E-state index >= 15 is 0 Å². The number of carbonyl (C=O) groups is 1. The van der Waals surface area contributed by atoms with Crippen LogP contribution < -0.4 is 4.74 Å². The summed E-state index contributed by atoms with van der Waals surface area (Å²) in [6.45, 7) is 0. The van der Waals surface area contributed by atoms with Crippen LogP contribution in [0.4, 0.5) is 0 Å². The van der Waals surface area contributed by atoms with E-state index in [1.165, 1.54) is 10.8 Å². The van der Waals surface area contributed by atoms with E-state index in [0.717, 1.165) is 0 Å². The van der Waals surface area contributed by atoms with E-state index in [4.69, 9.17) is 10.00 Å². The summed E-state index contributed by atoms with van der Waals surface area (Å²) >= 11 is 0. The Labute approximate surface area is 150 Å². The highest BCUT2D eigenvalue weighted by molar-refractivity contribution is 5.96. The molecule has 1 aromatic heterocycles. The van der Waals surface area contributed by atoms with E-state index in [9.17, 15) is 15.2 Å². The van der Waals surface area contributed by atoms with E-state index in [0.29, 0.717) is 34.6 Å². The van der Waals surface area contributed by atoms with Gasteiger partial charge in [-0.15, -0.1) is 0 Å². The monoisotopic (exact) mass is 345 g/mol. The molecule has 6 nitrogen and oxygen atoms in total. The molecule has 0 radical (unpaired) electrons. The maximum atomic E-state index is 11.5. The number of benzene rings is 1. The Hall–Kier alpha value is -3.77. The second-order valence-electron chi connectivity index (χ2n) is 5.86. The average molecular weight is 345 g/mol. The molecule has 2 aromatic rings. The van der Waals surface area contributed by atoms with Crippen LogP contribution in [-0.4, -0.2) is 15.6 Å². The number of hydrogen-bond donors (Lipinski definition) is 1. The maximum Gasteiger partial charge on any atom is 0.353 e. The molecular formula is C20H15N3O3. The number of rotatable bonds is 4. The van der Waals surface area contributed by atoms with Crippen molar-refractivity contribution in [3.05, 3.63) is 65.7 Å². The first kappa shape index (κ1) is 17.1. The first-order valence-corrected chi connectivity index (χ1v) is 7.92. The molecule has 0 aliphatic heterocycles. The molecule has 26 heavy (non-hydrogen) atoms. The van der Waals surface area contributed by atoms with Gasteiger partial charge in [0.25, 0.3) is 0 Å². The summed E-state index contributed by atoms with van der Waals surface area (Å²) in [5.74, 6) is 0.0368. The first-order chi connectivity index (χ1) is 12.5. The Morgan fingerprint density at radius 2 is 2.04 bits per heavy atom. The predicted molar refractivity (Wildman–Crippen MR) is 94.1 cm³/mol. The van der Waals surface area contributed by atoms with Gasteiger partial charge in [-0.05, 0) is 36.3 Å². The standard InChI is InChI=1S/C20H15N3O3/c1-23-12-15(11-22)18(19(23)20(24)25)14-4-8-17(9-5-14)26-16-6-2-13(10-21)3-7-16/h2,4-9,12-13H,3H2,1H3,(H,24,25). The second kappa shape index (κ2) is 7.00. The molecule has 1 aliphatic rings. The molecule has 0 saturated carbocycles. The Morgan fingerprint density at radius 3 is 2.58 bits per heavy atom. The van der Waals surface area contributed by atoms with Gasteiger partial charge in [-0.3, -0.25) is 0 Å². The van der Waals surface area contributed by atoms with Crippen LogP contribution in [0.15, 0.2) is 54.4 Å². The fourth-order valence-electron chi connectivity index (χ4n) is 2.86. The van der Waals surface area contributed by atoms with Gasteiger partial charge in [-0.1, -0.05) is 18.2 Å². The van der Waals surface area contributed by atoms with Gasteiger partial charge in [0.05, 0.1) is 17.6 Å². The number of nitriles is 2. The third kappa shape index (κ3) is 3.22. The number of allylic oxidation sites excluding steroid dienone is 3. The van der Waals surface area contributed by atoms with Crippen molar-refractivity contribution in [2.45, 2.75) is 6.42 Å². The lowest BCUT2D eigenvalue weighted by atomic mass is 10.0. The molecule has 3 rings (SSSR count). The Balaban J connectivity index is 1.87. The number of hydrogen-bond acceptors (Lipinski definition) is 4. The normalized spacial score (nSPS) is 15.7. The topological polar surface area (TPSA) is 99.0 Å². The lowest BCUT2D eigenvalue weighted by molar-refractivity contribution is 0.0687. The van der Waals surface area contributed by atoms with Crippen molar-refractivity contribution in [1.29, 1.82) is 10.5 Å². The quantitative estimate of drug-likeness (QED) is 0.912. The van der Waals surface area contributed by atoms with Gasteiger partial charge in [0.15, 0.2) is 0 Å². The first-order valence-electron chi connectivity index (χ1n) is 7.92. The third-order valence-corrected chi connectivity index (χ3v) is 4.11. The molecule has 1 aromatic carbocycles. The Bertz CT molecular complexity index is 999. The summed E-state index contributed by atoms with van der Waals surface area (Å²) in [4.78, 5) is 11.5. The number of carboxylic acids is 1. The summed E-state index contributed by atoms with van der Waals surface area (Å²) in [5, 5.41) is 27.6. The highest BCUT2D eigenvalue weighted by Crippen LogP contribution is 2.31. The van der Waals surface area contributed by atoms with E-state index in [2.05, 4.69) is 6.07 Å². The number of carboxylic acid groups (broad SMARTS) is 1. The van der Waals surface area contributed by atoms with Crippen LogP contribution in [-0.2, 0) is 7.05 Å². The molecule has 1 N–H and O–H groups in total. The van der Waals surface area contributed by atoms with Crippen LogP contribution in [0.5, 0.6) is 5.75 Å². The van der Waals surface area contributed by atoms with Crippen molar-refractivity contribution in [2.24, 2.45) is 13.0 Å². The van der Waals surface area contributed by atoms with E-state index < -0.39 is 5.97 Å². The van der Waals surface area contributed by atoms with Crippen LogP contribution in [0.25, 0.3) is 11.1 Å². The molecule has 1 atom stereocenters. The summed E-state index contributed by atoms with van der Waals surface area (Å²) in [6.07, 6.45) is 7.53. The predicted octanol–water partition coefficient (Wildman–Crippen LogP) is 3.62. The van der Waals surface area contributed by atoms with Gasteiger partial charge in [0.2, 0.25) is 0 Å². The van der Waals surface area contributed by atoms with Crippen LogP contribution in [0.2, 0.25) is 0 Å². The molecule has 0 fully saturated rings. The minimum atomic E-state index is -1.09. The maximum absolute atomic E-state index is 11.5. The van der Waals surface area contributed by atoms with Gasteiger partial charge in [0.1, 0.15) is 23.3 Å². The SMILES string of the molecule is Cn1cc(C#N)c(-c2ccc(OC3=CCC(C#N)C=C3)cc2)c1C(=O)O. The number of nitrogens with zero attached hydrogens (tertiary/aromatic N) is 3. The molecular weight excluding hydrogens is 330 g/mol. The van der Waals surface area contributed by atoms with Gasteiger partial charge in [-0.25, -0.2) is 4.79 Å². The average Bonchev–Trinajstić information content (AvgIpc) is 2.99. The summed E-state index contributed by atoms with van der Waals surface area (Å²) in [6, 6.07) is 11.1. The van der Waals surface area contributed by atoms with Crippen LogP contribution >= 0.6 is 0 Å². The lowest BCUT2D eigenvalue weighted by Crippen LogP contribution is -2.05. The molecule has 1 aliphatic carbocycles. The molecule has 0 amide bonds. The van der Waals surface area contributed by atoms with E-state index in [1.807, 2.05) is 12.1 Å². The zero-order valence-corrected chi connectivity index (χ0v) is 14.0. The van der Waals surface area contributed by atoms with Crippen LogP contribution in [0, 0.1) is 28.6 Å².